The molecular formula is C15H22N2O4S. The Morgan fingerprint density at radius 1 is 1.55 bits per heavy atom. The first-order valence-corrected chi connectivity index (χ1v) is 8.43. The minimum atomic E-state index is -0.614. The van der Waals surface area contributed by atoms with Gasteiger partial charge in [0.1, 0.15) is 18.5 Å². The van der Waals surface area contributed by atoms with Crippen molar-refractivity contribution in [1.82, 2.24) is 4.90 Å². The fraction of sp³-hybridized carbons (Fsp3) is 0.600. The molecule has 3 atom stereocenters. The summed E-state index contributed by atoms with van der Waals surface area (Å²) in [5.74, 6) is 1.48. The van der Waals surface area contributed by atoms with Crippen LogP contribution in [0.25, 0.3) is 0 Å². The summed E-state index contributed by atoms with van der Waals surface area (Å²) in [7, 11) is 0. The van der Waals surface area contributed by atoms with E-state index in [1.54, 1.807) is 12.1 Å². The minimum absolute atomic E-state index is 0.0116. The van der Waals surface area contributed by atoms with Crippen molar-refractivity contribution in [3.8, 4) is 5.75 Å². The summed E-state index contributed by atoms with van der Waals surface area (Å²) < 4.78 is 5.48. The number of nitro groups is 1. The van der Waals surface area contributed by atoms with Crippen LogP contribution in [0.1, 0.15) is 13.8 Å². The molecule has 2 rings (SSSR count). The molecule has 1 heterocycles. The standard InChI is InChI=1S/C15H22N2O4S/c1-11-12(2)22-7-6-16(11)9-14(18)10-21-15-5-3-4-13(8-15)17(19)20/h3-5,8,11-12,14,18H,6-7,9-10H2,1-2H3. The van der Waals surface area contributed by atoms with Crippen molar-refractivity contribution in [3.05, 3.63) is 34.4 Å². The van der Waals surface area contributed by atoms with Gasteiger partial charge in [0.15, 0.2) is 0 Å². The van der Waals surface area contributed by atoms with Gasteiger partial charge < -0.3 is 9.84 Å². The number of non-ortho nitro benzene ring substituents is 1. The lowest BCUT2D eigenvalue weighted by atomic mass is 10.2. The highest BCUT2D eigenvalue weighted by Crippen LogP contribution is 2.24. The Bertz CT molecular complexity index is 514. The van der Waals surface area contributed by atoms with E-state index in [1.165, 1.54) is 12.1 Å². The van der Waals surface area contributed by atoms with Gasteiger partial charge in [0.05, 0.1) is 11.0 Å². The van der Waals surface area contributed by atoms with Crippen LogP contribution in [-0.2, 0) is 0 Å². The molecule has 1 saturated heterocycles. The number of ether oxygens (including phenoxy) is 1. The molecule has 7 heteroatoms. The molecule has 1 fully saturated rings. The molecule has 0 spiro atoms. The van der Waals surface area contributed by atoms with Crippen molar-refractivity contribution >= 4 is 17.4 Å². The predicted molar refractivity (Wildman–Crippen MR) is 87.6 cm³/mol. The number of benzene rings is 1. The number of aliphatic hydroxyl groups is 1. The largest absolute Gasteiger partial charge is 0.491 e. The van der Waals surface area contributed by atoms with Crippen LogP contribution in [0.3, 0.4) is 0 Å². The zero-order valence-corrected chi connectivity index (χ0v) is 13.7. The first kappa shape index (κ1) is 17.1. The summed E-state index contributed by atoms with van der Waals surface area (Å²) in [4.78, 5) is 12.5. The Labute approximate surface area is 134 Å². The Kier molecular flexibility index (Phi) is 6.05. The highest BCUT2D eigenvalue weighted by molar-refractivity contribution is 8.00. The molecule has 0 bridgehead atoms. The maximum Gasteiger partial charge on any atom is 0.273 e. The highest BCUT2D eigenvalue weighted by atomic mass is 32.2. The van der Waals surface area contributed by atoms with E-state index in [1.807, 2.05) is 11.8 Å². The van der Waals surface area contributed by atoms with Crippen LogP contribution < -0.4 is 4.74 Å². The Morgan fingerprint density at radius 3 is 3.05 bits per heavy atom. The van der Waals surface area contributed by atoms with Crippen molar-refractivity contribution in [3.63, 3.8) is 0 Å². The molecule has 6 nitrogen and oxygen atoms in total. The van der Waals surface area contributed by atoms with E-state index in [4.69, 9.17) is 4.74 Å². The molecule has 22 heavy (non-hydrogen) atoms. The fourth-order valence-corrected chi connectivity index (χ4v) is 3.62. The molecule has 1 aromatic carbocycles. The van der Waals surface area contributed by atoms with E-state index in [-0.39, 0.29) is 12.3 Å². The van der Waals surface area contributed by atoms with Crippen molar-refractivity contribution in [1.29, 1.82) is 0 Å². The summed E-state index contributed by atoms with van der Waals surface area (Å²) in [6, 6.07) is 6.44. The summed E-state index contributed by atoms with van der Waals surface area (Å²) in [5.41, 5.74) is -0.0116. The fourth-order valence-electron chi connectivity index (χ4n) is 2.46. The molecule has 1 N–H and O–H groups in total. The number of β-amino-alcohol motifs (C(OH)–C–C–N with tert-alkyl or cyclic N) is 1. The lowest BCUT2D eigenvalue weighted by Gasteiger charge is -2.38. The maximum absolute atomic E-state index is 10.7. The second-order valence-corrected chi connectivity index (χ2v) is 7.02. The smallest absolute Gasteiger partial charge is 0.273 e. The van der Waals surface area contributed by atoms with Crippen molar-refractivity contribution in [2.45, 2.75) is 31.2 Å². The van der Waals surface area contributed by atoms with E-state index in [2.05, 4.69) is 18.7 Å². The monoisotopic (exact) mass is 326 g/mol. The van der Waals surface area contributed by atoms with Gasteiger partial charge in [0, 0.05) is 36.2 Å². The van der Waals surface area contributed by atoms with Gasteiger partial charge in [-0.25, -0.2) is 0 Å². The van der Waals surface area contributed by atoms with Crippen LogP contribution in [0.15, 0.2) is 24.3 Å². The van der Waals surface area contributed by atoms with E-state index >= 15 is 0 Å². The second-order valence-electron chi connectivity index (χ2n) is 5.53. The zero-order chi connectivity index (χ0) is 16.1. The van der Waals surface area contributed by atoms with Crippen LogP contribution in [-0.4, -0.2) is 57.8 Å². The van der Waals surface area contributed by atoms with Gasteiger partial charge >= 0.3 is 0 Å². The molecule has 0 amide bonds. The number of hydrogen-bond acceptors (Lipinski definition) is 6. The molecule has 0 aliphatic carbocycles. The summed E-state index contributed by atoms with van der Waals surface area (Å²) in [5, 5.41) is 21.4. The normalized spacial score (nSPS) is 24.0. The lowest BCUT2D eigenvalue weighted by molar-refractivity contribution is -0.384. The average Bonchev–Trinajstić information content (AvgIpc) is 2.50. The van der Waals surface area contributed by atoms with Crippen LogP contribution in [0.4, 0.5) is 5.69 Å². The SMILES string of the molecule is CC1SCCN(CC(O)COc2cccc([N+](=O)[O-])c2)C1C. The number of nitro benzene ring substituents is 1. The van der Waals surface area contributed by atoms with Gasteiger partial charge in [-0.05, 0) is 13.0 Å². The highest BCUT2D eigenvalue weighted by Gasteiger charge is 2.26. The van der Waals surface area contributed by atoms with E-state index in [0.717, 1.165) is 12.3 Å². The van der Waals surface area contributed by atoms with Crippen molar-refractivity contribution in [2.24, 2.45) is 0 Å². The van der Waals surface area contributed by atoms with Crippen LogP contribution in [0.2, 0.25) is 0 Å². The van der Waals surface area contributed by atoms with E-state index < -0.39 is 11.0 Å². The Hall–Kier alpha value is -1.31. The lowest BCUT2D eigenvalue weighted by Crippen LogP contribution is -2.48. The van der Waals surface area contributed by atoms with E-state index in [0.29, 0.717) is 23.6 Å². The van der Waals surface area contributed by atoms with E-state index in [9.17, 15) is 15.2 Å². The number of thioether (sulfide) groups is 1. The molecule has 0 aromatic heterocycles. The molecule has 1 aromatic rings. The third-order valence-electron chi connectivity index (χ3n) is 3.93. The molecule has 0 saturated carbocycles. The first-order chi connectivity index (χ1) is 10.5. The Morgan fingerprint density at radius 2 is 2.32 bits per heavy atom. The van der Waals surface area contributed by atoms with Crippen molar-refractivity contribution < 1.29 is 14.8 Å². The molecule has 3 unspecified atom stereocenters. The van der Waals surface area contributed by atoms with Gasteiger partial charge in [-0.3, -0.25) is 15.0 Å². The quantitative estimate of drug-likeness (QED) is 0.638. The summed E-state index contributed by atoms with van der Waals surface area (Å²) >= 11 is 1.95. The van der Waals surface area contributed by atoms with Crippen LogP contribution in [0, 0.1) is 10.1 Å². The topological polar surface area (TPSA) is 75.8 Å². The number of hydrogen-bond donors (Lipinski definition) is 1. The maximum atomic E-state index is 10.7. The van der Waals surface area contributed by atoms with Gasteiger partial charge in [-0.15, -0.1) is 0 Å². The zero-order valence-electron chi connectivity index (χ0n) is 12.8. The van der Waals surface area contributed by atoms with Gasteiger partial charge in [-0.2, -0.15) is 11.8 Å². The third kappa shape index (κ3) is 4.59. The van der Waals surface area contributed by atoms with Gasteiger partial charge in [-0.1, -0.05) is 13.0 Å². The number of rotatable bonds is 6. The number of nitrogens with zero attached hydrogens (tertiary/aromatic N) is 2. The summed E-state index contributed by atoms with van der Waals surface area (Å²) in [6.45, 7) is 6.02. The first-order valence-electron chi connectivity index (χ1n) is 7.38. The van der Waals surface area contributed by atoms with Crippen LogP contribution in [0.5, 0.6) is 5.75 Å². The third-order valence-corrected chi connectivity index (χ3v) is 5.27. The van der Waals surface area contributed by atoms with Crippen LogP contribution >= 0.6 is 11.8 Å². The molecular weight excluding hydrogens is 304 g/mol. The van der Waals surface area contributed by atoms with Gasteiger partial charge in [0.25, 0.3) is 5.69 Å². The van der Waals surface area contributed by atoms with Gasteiger partial charge in [0.2, 0.25) is 0 Å². The van der Waals surface area contributed by atoms with Crippen molar-refractivity contribution in [2.75, 3.05) is 25.4 Å². The molecule has 1 aliphatic rings. The molecule has 0 radical (unpaired) electrons. The minimum Gasteiger partial charge on any atom is -0.491 e. The predicted octanol–water partition coefficient (Wildman–Crippen LogP) is 2.16. The molecule has 1 aliphatic heterocycles. The Balaban J connectivity index is 1.83. The number of aliphatic hydroxyl groups excluding tert-OH is 1. The molecule has 122 valence electrons. The average molecular weight is 326 g/mol. The summed E-state index contributed by atoms with van der Waals surface area (Å²) in [6.07, 6.45) is -0.614. The second kappa shape index (κ2) is 7.80.